The summed E-state index contributed by atoms with van der Waals surface area (Å²) in [6, 6.07) is 12.9. The van der Waals surface area contributed by atoms with Gasteiger partial charge in [0.2, 0.25) is 5.91 Å². The number of hydrogen-bond acceptors (Lipinski definition) is 3. The Balaban J connectivity index is 2.21. The van der Waals surface area contributed by atoms with E-state index >= 15 is 0 Å². The molecule has 1 unspecified atom stereocenters. The molecule has 0 saturated heterocycles. The molecule has 2 aromatic rings. The van der Waals surface area contributed by atoms with E-state index in [0.717, 1.165) is 24.2 Å². The van der Waals surface area contributed by atoms with Crippen LogP contribution in [0.1, 0.15) is 32.3 Å². The zero-order valence-electron chi connectivity index (χ0n) is 13.5. The minimum Gasteiger partial charge on any atom is -0.397 e. The largest absolute Gasteiger partial charge is 0.397 e. The van der Waals surface area contributed by atoms with Gasteiger partial charge in [0.25, 0.3) is 0 Å². The van der Waals surface area contributed by atoms with Crippen molar-refractivity contribution in [3.63, 3.8) is 0 Å². The average molecular weight is 330 g/mol. The highest BCUT2D eigenvalue weighted by Gasteiger charge is 2.10. The van der Waals surface area contributed by atoms with Crippen LogP contribution in [-0.4, -0.2) is 10.1 Å². The maximum Gasteiger partial charge on any atom is 0.221 e. The lowest BCUT2D eigenvalue weighted by Crippen LogP contribution is -2.08. The molecule has 0 aliphatic rings. The monoisotopic (exact) mass is 330 g/mol. The van der Waals surface area contributed by atoms with Gasteiger partial charge in [-0.15, -0.1) is 0 Å². The van der Waals surface area contributed by atoms with Crippen LogP contribution in [0, 0.1) is 0 Å². The summed E-state index contributed by atoms with van der Waals surface area (Å²) in [5.74, 6) is -0.208. The SMILES string of the molecule is CCCCc1ccc(S(=O)c2ccc(N)c(NC(C)=O)c2)cc1. The van der Waals surface area contributed by atoms with Crippen molar-refractivity contribution in [3.8, 4) is 0 Å². The Labute approximate surface area is 139 Å². The fourth-order valence-electron chi connectivity index (χ4n) is 2.25. The Morgan fingerprint density at radius 2 is 1.78 bits per heavy atom. The lowest BCUT2D eigenvalue weighted by atomic mass is 10.1. The second kappa shape index (κ2) is 7.92. The molecule has 2 rings (SSSR count). The number of anilines is 2. The first-order valence-corrected chi connectivity index (χ1v) is 8.84. The van der Waals surface area contributed by atoms with Crippen LogP contribution in [-0.2, 0) is 22.0 Å². The van der Waals surface area contributed by atoms with E-state index in [-0.39, 0.29) is 5.91 Å². The summed E-state index contributed by atoms with van der Waals surface area (Å²) in [5.41, 5.74) is 8.03. The number of nitrogens with one attached hydrogen (secondary N) is 1. The van der Waals surface area contributed by atoms with E-state index < -0.39 is 10.8 Å². The number of unbranched alkanes of at least 4 members (excludes halogenated alkanes) is 1. The maximum atomic E-state index is 12.7. The predicted octanol–water partition coefficient (Wildman–Crippen LogP) is 3.74. The summed E-state index contributed by atoms with van der Waals surface area (Å²) in [6.07, 6.45) is 3.35. The van der Waals surface area contributed by atoms with Crippen molar-refractivity contribution in [2.75, 3.05) is 11.1 Å². The Bertz CT molecular complexity index is 711. The van der Waals surface area contributed by atoms with Crippen molar-refractivity contribution in [2.45, 2.75) is 42.9 Å². The lowest BCUT2D eigenvalue weighted by Gasteiger charge is -2.09. The van der Waals surface area contributed by atoms with E-state index in [4.69, 9.17) is 5.73 Å². The molecule has 0 aliphatic heterocycles. The second-order valence-corrected chi connectivity index (χ2v) is 6.93. The Morgan fingerprint density at radius 3 is 2.39 bits per heavy atom. The van der Waals surface area contributed by atoms with Crippen LogP contribution in [0.3, 0.4) is 0 Å². The molecule has 4 nitrogen and oxygen atoms in total. The molecule has 0 radical (unpaired) electrons. The number of nitrogen functional groups attached to an aromatic ring is 1. The minimum atomic E-state index is -1.30. The van der Waals surface area contributed by atoms with E-state index in [1.54, 1.807) is 18.2 Å². The van der Waals surface area contributed by atoms with Crippen molar-refractivity contribution in [3.05, 3.63) is 48.0 Å². The Hall–Kier alpha value is -2.14. The molecule has 2 aromatic carbocycles. The first kappa shape index (κ1) is 17.2. The molecule has 5 heteroatoms. The molecule has 0 saturated carbocycles. The van der Waals surface area contributed by atoms with Crippen molar-refractivity contribution >= 4 is 28.1 Å². The number of carbonyl (C=O) groups is 1. The van der Waals surface area contributed by atoms with E-state index in [9.17, 15) is 9.00 Å². The zero-order chi connectivity index (χ0) is 16.8. The number of rotatable bonds is 6. The molecule has 0 aromatic heterocycles. The lowest BCUT2D eigenvalue weighted by molar-refractivity contribution is -0.114. The first-order valence-electron chi connectivity index (χ1n) is 7.69. The highest BCUT2D eigenvalue weighted by molar-refractivity contribution is 7.85. The molecule has 0 aliphatic carbocycles. The van der Waals surface area contributed by atoms with Crippen LogP contribution in [0.2, 0.25) is 0 Å². The van der Waals surface area contributed by atoms with Crippen LogP contribution in [0.25, 0.3) is 0 Å². The summed E-state index contributed by atoms with van der Waals surface area (Å²) in [5, 5.41) is 2.65. The van der Waals surface area contributed by atoms with Gasteiger partial charge in [-0.1, -0.05) is 25.5 Å². The van der Waals surface area contributed by atoms with Crippen molar-refractivity contribution < 1.29 is 9.00 Å². The fraction of sp³-hybridized carbons (Fsp3) is 0.278. The number of benzene rings is 2. The zero-order valence-corrected chi connectivity index (χ0v) is 14.3. The third kappa shape index (κ3) is 4.66. The van der Waals surface area contributed by atoms with E-state index in [2.05, 4.69) is 12.2 Å². The summed E-state index contributed by atoms with van der Waals surface area (Å²) in [6.45, 7) is 3.58. The quantitative estimate of drug-likeness (QED) is 0.793. The number of amides is 1. The summed E-state index contributed by atoms with van der Waals surface area (Å²) >= 11 is 0. The molecule has 23 heavy (non-hydrogen) atoms. The van der Waals surface area contributed by atoms with Crippen LogP contribution >= 0.6 is 0 Å². The number of carbonyl (C=O) groups excluding carboxylic acids is 1. The molecular weight excluding hydrogens is 308 g/mol. The topological polar surface area (TPSA) is 72.2 Å². The van der Waals surface area contributed by atoms with E-state index in [1.165, 1.54) is 12.5 Å². The van der Waals surface area contributed by atoms with Crippen LogP contribution in [0.5, 0.6) is 0 Å². The van der Waals surface area contributed by atoms with Gasteiger partial charge in [0.1, 0.15) is 0 Å². The molecule has 0 fully saturated rings. The van der Waals surface area contributed by atoms with Gasteiger partial charge in [0, 0.05) is 16.7 Å². The maximum absolute atomic E-state index is 12.7. The predicted molar refractivity (Wildman–Crippen MR) is 94.9 cm³/mol. The molecule has 0 heterocycles. The van der Waals surface area contributed by atoms with Gasteiger partial charge in [-0.3, -0.25) is 4.79 Å². The van der Waals surface area contributed by atoms with E-state index in [1.807, 2.05) is 24.3 Å². The van der Waals surface area contributed by atoms with Gasteiger partial charge in [0.05, 0.1) is 22.2 Å². The average Bonchev–Trinajstić information content (AvgIpc) is 2.54. The Morgan fingerprint density at radius 1 is 1.13 bits per heavy atom. The van der Waals surface area contributed by atoms with Crippen LogP contribution in [0.15, 0.2) is 52.3 Å². The molecule has 0 spiro atoms. The standard InChI is InChI=1S/C18H22N2O2S/c1-3-4-5-14-6-8-15(9-7-14)23(22)16-10-11-17(19)18(12-16)20-13(2)21/h6-12H,3-5,19H2,1-2H3,(H,20,21). The van der Waals surface area contributed by atoms with Gasteiger partial charge in [-0.25, -0.2) is 4.21 Å². The summed E-state index contributed by atoms with van der Waals surface area (Å²) in [4.78, 5) is 12.6. The first-order chi connectivity index (χ1) is 11.0. The van der Waals surface area contributed by atoms with Crippen LogP contribution in [0.4, 0.5) is 11.4 Å². The highest BCUT2D eigenvalue weighted by Crippen LogP contribution is 2.25. The van der Waals surface area contributed by atoms with E-state index in [0.29, 0.717) is 16.3 Å². The smallest absolute Gasteiger partial charge is 0.221 e. The van der Waals surface area contributed by atoms with Crippen molar-refractivity contribution in [2.24, 2.45) is 0 Å². The molecule has 1 atom stereocenters. The van der Waals surface area contributed by atoms with Gasteiger partial charge >= 0.3 is 0 Å². The summed E-state index contributed by atoms with van der Waals surface area (Å²) in [7, 11) is -1.30. The minimum absolute atomic E-state index is 0.208. The number of nitrogens with two attached hydrogens (primary N) is 1. The van der Waals surface area contributed by atoms with Gasteiger partial charge in [-0.05, 0) is 48.7 Å². The van der Waals surface area contributed by atoms with Crippen molar-refractivity contribution in [1.29, 1.82) is 0 Å². The molecule has 3 N–H and O–H groups in total. The van der Waals surface area contributed by atoms with Gasteiger partial charge in [-0.2, -0.15) is 0 Å². The summed E-state index contributed by atoms with van der Waals surface area (Å²) < 4.78 is 12.7. The Kier molecular flexibility index (Phi) is 5.93. The second-order valence-electron chi connectivity index (χ2n) is 5.45. The fourth-order valence-corrected chi connectivity index (χ4v) is 3.32. The van der Waals surface area contributed by atoms with Gasteiger partial charge in [0.15, 0.2) is 0 Å². The third-order valence-corrected chi connectivity index (χ3v) is 4.89. The molecular formula is C18H22N2O2S. The van der Waals surface area contributed by atoms with Gasteiger partial charge < -0.3 is 11.1 Å². The highest BCUT2D eigenvalue weighted by atomic mass is 32.2. The molecule has 0 bridgehead atoms. The molecule has 122 valence electrons. The normalized spacial score (nSPS) is 11.9. The third-order valence-electron chi connectivity index (χ3n) is 3.51. The molecule has 1 amide bonds. The number of aryl methyl sites for hydroxylation is 1. The van der Waals surface area contributed by atoms with Crippen LogP contribution < -0.4 is 11.1 Å². The van der Waals surface area contributed by atoms with Crippen molar-refractivity contribution in [1.82, 2.24) is 0 Å². The number of hydrogen-bond donors (Lipinski definition) is 2.